The number of amides is 1. The zero-order valence-electron chi connectivity index (χ0n) is 12.1. The van der Waals surface area contributed by atoms with Crippen LogP contribution in [-0.4, -0.2) is 43.8 Å². The van der Waals surface area contributed by atoms with Gasteiger partial charge in [-0.05, 0) is 37.5 Å². The van der Waals surface area contributed by atoms with Gasteiger partial charge in [0.15, 0.2) is 0 Å². The van der Waals surface area contributed by atoms with Crippen molar-refractivity contribution in [1.29, 1.82) is 0 Å². The number of carbonyl (C=O) groups is 2. The minimum Gasteiger partial charge on any atom is -0.478 e. The predicted molar refractivity (Wildman–Crippen MR) is 80.0 cm³/mol. The first-order chi connectivity index (χ1) is 10.1. The highest BCUT2D eigenvalue weighted by Crippen LogP contribution is 2.26. The van der Waals surface area contributed by atoms with Crippen molar-refractivity contribution in [1.82, 2.24) is 0 Å². The van der Waals surface area contributed by atoms with Crippen LogP contribution in [0.25, 0.3) is 0 Å². The van der Waals surface area contributed by atoms with Gasteiger partial charge in [-0.2, -0.15) is 0 Å². The molecule has 0 radical (unpaired) electrons. The largest absolute Gasteiger partial charge is 0.478 e. The van der Waals surface area contributed by atoms with Crippen LogP contribution in [0.5, 0.6) is 0 Å². The van der Waals surface area contributed by atoms with Crippen LogP contribution in [0.3, 0.4) is 0 Å². The molecule has 114 valence electrons. The fraction of sp³-hybridized carbons (Fsp3) is 0.467. The van der Waals surface area contributed by atoms with E-state index in [0.29, 0.717) is 5.69 Å². The molecule has 1 amide bonds. The van der Waals surface area contributed by atoms with E-state index < -0.39 is 5.97 Å². The summed E-state index contributed by atoms with van der Waals surface area (Å²) in [6, 6.07) is 5.11. The molecule has 2 rings (SSSR count). The van der Waals surface area contributed by atoms with E-state index in [1.165, 1.54) is 13.5 Å². The van der Waals surface area contributed by atoms with Crippen LogP contribution in [-0.2, 0) is 9.53 Å². The molecule has 21 heavy (non-hydrogen) atoms. The van der Waals surface area contributed by atoms with Gasteiger partial charge in [-0.3, -0.25) is 4.79 Å². The van der Waals surface area contributed by atoms with Crippen LogP contribution in [0, 0.1) is 0 Å². The number of nitrogens with zero attached hydrogens (tertiary/aromatic N) is 1. The molecule has 0 unspecified atom stereocenters. The number of rotatable bonds is 5. The van der Waals surface area contributed by atoms with Crippen LogP contribution in [0.1, 0.15) is 29.6 Å². The number of nitrogens with one attached hydrogen (secondary N) is 1. The molecule has 6 heteroatoms. The third-order valence-electron chi connectivity index (χ3n) is 3.50. The Morgan fingerprint density at radius 1 is 1.29 bits per heavy atom. The maximum Gasteiger partial charge on any atom is 0.337 e. The minimum absolute atomic E-state index is 0.0996. The first-order valence-electron chi connectivity index (χ1n) is 7.03. The van der Waals surface area contributed by atoms with E-state index in [4.69, 9.17) is 4.74 Å². The number of anilines is 2. The number of carboxylic acids is 1. The van der Waals surface area contributed by atoms with Crippen molar-refractivity contribution in [2.75, 3.05) is 37.0 Å². The smallest absolute Gasteiger partial charge is 0.337 e. The molecule has 0 saturated carbocycles. The molecule has 1 aliphatic heterocycles. The molecule has 1 aromatic carbocycles. The van der Waals surface area contributed by atoms with Crippen molar-refractivity contribution in [3.8, 4) is 0 Å². The number of piperidine rings is 1. The topological polar surface area (TPSA) is 78.9 Å². The van der Waals surface area contributed by atoms with Crippen molar-refractivity contribution in [2.45, 2.75) is 19.3 Å². The summed E-state index contributed by atoms with van der Waals surface area (Å²) in [5.74, 6) is -1.42. The second-order valence-corrected chi connectivity index (χ2v) is 5.06. The molecular formula is C15H20N2O4. The van der Waals surface area contributed by atoms with E-state index in [1.807, 2.05) is 6.07 Å². The second-order valence-electron chi connectivity index (χ2n) is 5.06. The quantitative estimate of drug-likeness (QED) is 0.867. The van der Waals surface area contributed by atoms with E-state index >= 15 is 0 Å². The third kappa shape index (κ3) is 3.95. The second kappa shape index (κ2) is 7.08. The van der Waals surface area contributed by atoms with Crippen molar-refractivity contribution in [3.63, 3.8) is 0 Å². The highest BCUT2D eigenvalue weighted by Gasteiger charge is 2.17. The number of benzene rings is 1. The Bertz CT molecular complexity index is 524. The Morgan fingerprint density at radius 2 is 2.00 bits per heavy atom. The Kier molecular flexibility index (Phi) is 5.16. The molecule has 1 fully saturated rings. The van der Waals surface area contributed by atoms with Crippen LogP contribution in [0.15, 0.2) is 18.2 Å². The van der Waals surface area contributed by atoms with E-state index in [2.05, 4.69) is 10.2 Å². The Hall–Kier alpha value is -2.08. The van der Waals surface area contributed by atoms with Gasteiger partial charge in [0.1, 0.15) is 6.61 Å². The molecule has 1 saturated heterocycles. The lowest BCUT2D eigenvalue weighted by atomic mass is 10.1. The summed E-state index contributed by atoms with van der Waals surface area (Å²) >= 11 is 0. The maximum atomic E-state index is 11.5. The lowest BCUT2D eigenvalue weighted by molar-refractivity contribution is -0.119. The summed E-state index contributed by atoms with van der Waals surface area (Å²) in [5, 5.41) is 11.9. The average molecular weight is 292 g/mol. The normalized spacial score (nSPS) is 14.8. The van der Waals surface area contributed by atoms with Crippen LogP contribution >= 0.6 is 0 Å². The van der Waals surface area contributed by atoms with Crippen LogP contribution < -0.4 is 10.2 Å². The molecular weight excluding hydrogens is 272 g/mol. The van der Waals surface area contributed by atoms with Gasteiger partial charge < -0.3 is 20.1 Å². The van der Waals surface area contributed by atoms with Crippen molar-refractivity contribution in [3.05, 3.63) is 23.8 Å². The summed E-state index contributed by atoms with van der Waals surface area (Å²) in [6.45, 7) is 1.77. The molecule has 6 nitrogen and oxygen atoms in total. The highest BCUT2D eigenvalue weighted by molar-refractivity contribution is 6.01. The molecule has 0 spiro atoms. The number of hydrogen-bond donors (Lipinski definition) is 2. The number of carboxylic acid groups (broad SMARTS) is 1. The van der Waals surface area contributed by atoms with Gasteiger partial charge in [0.25, 0.3) is 0 Å². The SMILES string of the molecule is COCC(=O)Nc1ccc(N2CCCCC2)cc1C(=O)O. The van der Waals surface area contributed by atoms with Gasteiger partial charge in [0.2, 0.25) is 5.91 Å². The Balaban J connectivity index is 2.22. The standard InChI is InChI=1S/C15H20N2O4/c1-21-10-14(18)16-13-6-5-11(9-12(13)15(19)20)17-7-3-2-4-8-17/h5-6,9H,2-4,7-8,10H2,1H3,(H,16,18)(H,19,20). The van der Waals surface area contributed by atoms with E-state index in [1.54, 1.807) is 12.1 Å². The predicted octanol–water partition coefficient (Wildman–Crippen LogP) is 1.96. The van der Waals surface area contributed by atoms with E-state index in [0.717, 1.165) is 31.6 Å². The van der Waals surface area contributed by atoms with Crippen LogP contribution in [0.4, 0.5) is 11.4 Å². The van der Waals surface area contributed by atoms with Gasteiger partial charge in [-0.1, -0.05) is 0 Å². The van der Waals surface area contributed by atoms with E-state index in [9.17, 15) is 14.7 Å². The van der Waals surface area contributed by atoms with Crippen molar-refractivity contribution in [2.24, 2.45) is 0 Å². The average Bonchev–Trinajstić information content (AvgIpc) is 2.48. The third-order valence-corrected chi connectivity index (χ3v) is 3.50. The summed E-state index contributed by atoms with van der Waals surface area (Å²) in [5.41, 5.74) is 1.28. The molecule has 0 atom stereocenters. The van der Waals surface area contributed by atoms with Gasteiger partial charge in [0, 0.05) is 25.9 Å². The highest BCUT2D eigenvalue weighted by atomic mass is 16.5. The number of hydrogen-bond acceptors (Lipinski definition) is 4. The van der Waals surface area contributed by atoms with Gasteiger partial charge in [-0.15, -0.1) is 0 Å². The fourth-order valence-corrected chi connectivity index (χ4v) is 2.48. The number of ether oxygens (including phenoxy) is 1. The monoisotopic (exact) mass is 292 g/mol. The number of aromatic carboxylic acids is 1. The molecule has 1 aromatic rings. The summed E-state index contributed by atoms with van der Waals surface area (Å²) in [7, 11) is 1.41. The zero-order chi connectivity index (χ0) is 15.2. The zero-order valence-corrected chi connectivity index (χ0v) is 12.1. The summed E-state index contributed by atoms with van der Waals surface area (Å²) in [4.78, 5) is 25.1. The molecule has 0 bridgehead atoms. The first-order valence-corrected chi connectivity index (χ1v) is 7.03. The Labute approximate surface area is 123 Å². The van der Waals surface area contributed by atoms with Crippen molar-refractivity contribution < 1.29 is 19.4 Å². The molecule has 1 aliphatic rings. The maximum absolute atomic E-state index is 11.5. The Morgan fingerprint density at radius 3 is 2.62 bits per heavy atom. The van der Waals surface area contributed by atoms with E-state index in [-0.39, 0.29) is 18.1 Å². The van der Waals surface area contributed by atoms with Gasteiger partial charge in [0.05, 0.1) is 11.3 Å². The molecule has 0 aliphatic carbocycles. The number of carbonyl (C=O) groups excluding carboxylic acids is 1. The molecule has 0 aromatic heterocycles. The van der Waals surface area contributed by atoms with Gasteiger partial charge in [-0.25, -0.2) is 4.79 Å². The summed E-state index contributed by atoms with van der Waals surface area (Å²) in [6.07, 6.45) is 3.46. The number of methoxy groups -OCH3 is 1. The van der Waals surface area contributed by atoms with Crippen molar-refractivity contribution >= 4 is 23.3 Å². The van der Waals surface area contributed by atoms with Gasteiger partial charge >= 0.3 is 5.97 Å². The fourth-order valence-electron chi connectivity index (χ4n) is 2.48. The molecule has 1 heterocycles. The summed E-state index contributed by atoms with van der Waals surface area (Å²) < 4.78 is 4.73. The lowest BCUT2D eigenvalue weighted by Gasteiger charge is -2.29. The van der Waals surface area contributed by atoms with Crippen LogP contribution in [0.2, 0.25) is 0 Å². The molecule has 2 N–H and O–H groups in total. The minimum atomic E-state index is -1.05. The lowest BCUT2D eigenvalue weighted by Crippen LogP contribution is -2.29. The first kappa shape index (κ1) is 15.3.